The second-order valence-corrected chi connectivity index (χ2v) is 18.8. The smallest absolute Gasteiger partial charge is 0.101 e. The summed E-state index contributed by atoms with van der Waals surface area (Å²) in [4.78, 5) is 2.52. The van der Waals surface area contributed by atoms with Crippen molar-refractivity contribution in [1.29, 1.82) is 10.5 Å². The van der Waals surface area contributed by atoms with E-state index in [2.05, 4.69) is 225 Å². The van der Waals surface area contributed by atoms with Gasteiger partial charge in [0.25, 0.3) is 0 Å². The number of anilines is 2. The van der Waals surface area contributed by atoms with E-state index in [9.17, 15) is 10.5 Å². The Balaban J connectivity index is 0.982. The first-order valence-electron chi connectivity index (χ1n) is 24.1. The van der Waals surface area contributed by atoms with Gasteiger partial charge in [0, 0.05) is 55.5 Å². The first kappa shape index (κ1) is 38.7. The van der Waals surface area contributed by atoms with Crippen molar-refractivity contribution in [3.8, 4) is 23.5 Å². The maximum Gasteiger partial charge on any atom is 0.101 e. The second-order valence-electron chi connectivity index (χ2n) is 18.8. The SMILES string of the molecule is N#Cc1cc(-n2c3ccccc3c3c4c(ccc32)c2c3ccccc3ccc2n4C2=CCCC=C2)c(C#N)cc1-n1c2c(c3ccccc31)C1C(C=C2)c2c(ccc3ccccc23)N1c1ccccc1. The highest BCUT2D eigenvalue weighted by Crippen LogP contribution is 2.59. The molecule has 70 heavy (non-hydrogen) atoms. The predicted octanol–water partition coefficient (Wildman–Crippen LogP) is 16.1. The van der Waals surface area contributed by atoms with Gasteiger partial charge in [-0.1, -0.05) is 140 Å². The summed E-state index contributed by atoms with van der Waals surface area (Å²) < 4.78 is 6.89. The van der Waals surface area contributed by atoms with Gasteiger partial charge in [0.2, 0.25) is 0 Å². The minimum Gasteiger partial charge on any atom is -0.333 e. The van der Waals surface area contributed by atoms with Crippen molar-refractivity contribution in [3.05, 3.63) is 228 Å². The van der Waals surface area contributed by atoms with Gasteiger partial charge in [-0.3, -0.25) is 0 Å². The number of nitrogens with zero attached hydrogens (tertiary/aromatic N) is 6. The lowest BCUT2D eigenvalue weighted by Crippen LogP contribution is -2.24. The molecule has 1 aliphatic heterocycles. The maximum absolute atomic E-state index is 11.4. The van der Waals surface area contributed by atoms with Crippen LogP contribution in [0.15, 0.2) is 200 Å². The summed E-state index contributed by atoms with van der Waals surface area (Å²) in [5, 5.41) is 33.3. The van der Waals surface area contributed by atoms with E-state index in [1.54, 1.807) is 0 Å². The normalized spacial score (nSPS) is 16.1. The molecule has 0 fully saturated rings. The maximum atomic E-state index is 11.4. The van der Waals surface area contributed by atoms with Crippen molar-refractivity contribution in [2.45, 2.75) is 24.8 Å². The Bertz CT molecular complexity index is 4460. The molecule has 2 unspecified atom stereocenters. The standard InChI is InChI=1S/C64H40N6/c65-37-41-36-58(70-52-26-14-12-24-48(52)62-56(70)34-30-50-60-46-22-10-8-16-40(46)28-32-54(60)68(64(50)62)44-19-5-2-6-20-44)42(38-66)35-57(41)69-51-25-13-11-23-47(51)61-55(69)33-29-49-59-45-21-9-7-15-39(45)27-31-53(59)67(63(49)61)43-17-3-1-4-18-43/h1,3-5,7-36,49,63H,2,6H2. The van der Waals surface area contributed by atoms with Crippen molar-refractivity contribution >= 4 is 99.2 Å². The van der Waals surface area contributed by atoms with Gasteiger partial charge in [-0.05, 0) is 107 Å². The number of benzene rings is 9. The fraction of sp³-hybridized carbons (Fsp3) is 0.0625. The molecule has 2 atom stereocenters. The first-order valence-corrected chi connectivity index (χ1v) is 24.1. The second kappa shape index (κ2) is 14.6. The Morgan fingerprint density at radius 3 is 1.84 bits per heavy atom. The molecule has 0 saturated heterocycles. The monoisotopic (exact) mass is 892 g/mol. The van der Waals surface area contributed by atoms with Crippen LogP contribution < -0.4 is 4.90 Å². The zero-order valence-electron chi connectivity index (χ0n) is 37.9. The van der Waals surface area contributed by atoms with Crippen LogP contribution in [0.1, 0.15) is 52.7 Å². The quantitative estimate of drug-likeness (QED) is 0.177. The van der Waals surface area contributed by atoms with Crippen LogP contribution in [0, 0.1) is 22.7 Å². The van der Waals surface area contributed by atoms with E-state index >= 15 is 0 Å². The lowest BCUT2D eigenvalue weighted by molar-refractivity contribution is 0.671. The number of allylic oxidation sites excluding steroid dienone is 4. The van der Waals surface area contributed by atoms with E-state index in [4.69, 9.17) is 0 Å². The highest BCUT2D eigenvalue weighted by atomic mass is 15.2. The molecule has 15 rings (SSSR count). The van der Waals surface area contributed by atoms with Gasteiger partial charge in [-0.15, -0.1) is 0 Å². The molecule has 6 heteroatoms. The summed E-state index contributed by atoms with van der Waals surface area (Å²) in [6.45, 7) is 0. The third kappa shape index (κ3) is 5.14. The Labute approximate surface area is 403 Å². The number of nitriles is 2. The number of hydrogen-bond donors (Lipinski definition) is 0. The van der Waals surface area contributed by atoms with E-state index in [1.807, 2.05) is 12.1 Å². The number of rotatable bonds is 4. The molecular weight excluding hydrogens is 853 g/mol. The molecular formula is C64H40N6. The fourth-order valence-corrected chi connectivity index (χ4v) is 12.7. The molecule has 0 radical (unpaired) electrons. The van der Waals surface area contributed by atoms with E-state index in [0.717, 1.165) is 73.7 Å². The summed E-state index contributed by atoms with van der Waals surface area (Å²) in [5.74, 6) is 0.0742. The van der Waals surface area contributed by atoms with Gasteiger partial charge in [-0.2, -0.15) is 10.5 Å². The summed E-state index contributed by atoms with van der Waals surface area (Å²) in [6, 6.07) is 67.8. The summed E-state index contributed by atoms with van der Waals surface area (Å²) >= 11 is 0. The number of aromatic nitrogens is 3. The Kier molecular flexibility index (Phi) is 8.06. The molecule has 6 nitrogen and oxygen atoms in total. The minimum atomic E-state index is -0.0579. The first-order chi connectivity index (χ1) is 34.7. The molecule has 9 aromatic carbocycles. The van der Waals surface area contributed by atoms with Gasteiger partial charge in [0.15, 0.2) is 0 Å². The molecule has 0 spiro atoms. The summed E-state index contributed by atoms with van der Waals surface area (Å²) in [5.41, 5.74) is 14.6. The minimum absolute atomic E-state index is 0.0579. The Morgan fingerprint density at radius 2 is 1.09 bits per heavy atom. The van der Waals surface area contributed by atoms with E-state index < -0.39 is 0 Å². The molecule has 3 aliphatic rings. The topological polar surface area (TPSA) is 65.6 Å². The zero-order chi connectivity index (χ0) is 46.2. The van der Waals surface area contributed by atoms with Gasteiger partial charge in [0.1, 0.15) is 12.1 Å². The molecule has 3 aromatic heterocycles. The van der Waals surface area contributed by atoms with Crippen LogP contribution in [0.4, 0.5) is 11.4 Å². The molecule has 2 aliphatic carbocycles. The van der Waals surface area contributed by atoms with Crippen LogP contribution in [0.25, 0.3) is 99.2 Å². The molecule has 0 bridgehead atoms. The van der Waals surface area contributed by atoms with E-state index in [0.29, 0.717) is 22.5 Å². The van der Waals surface area contributed by atoms with Crippen molar-refractivity contribution < 1.29 is 0 Å². The van der Waals surface area contributed by atoms with Crippen molar-refractivity contribution in [2.24, 2.45) is 0 Å². The fourth-order valence-electron chi connectivity index (χ4n) is 12.7. The van der Waals surface area contributed by atoms with E-state index in [1.165, 1.54) is 49.1 Å². The molecule has 12 aromatic rings. The average Bonchev–Trinajstić information content (AvgIpc) is 4.16. The molecule has 326 valence electrons. The lowest BCUT2D eigenvalue weighted by Gasteiger charge is -2.32. The number of hydrogen-bond acceptors (Lipinski definition) is 3. The van der Waals surface area contributed by atoms with Gasteiger partial charge in [0.05, 0.1) is 61.8 Å². The van der Waals surface area contributed by atoms with Crippen LogP contribution >= 0.6 is 0 Å². The Hall–Kier alpha value is -9.36. The van der Waals surface area contributed by atoms with Crippen molar-refractivity contribution in [2.75, 3.05) is 4.90 Å². The average molecular weight is 893 g/mol. The largest absolute Gasteiger partial charge is 0.333 e. The van der Waals surface area contributed by atoms with Crippen LogP contribution in [0.3, 0.4) is 0 Å². The predicted molar refractivity (Wildman–Crippen MR) is 287 cm³/mol. The number of fused-ring (bicyclic) bond motifs is 18. The third-order valence-corrected chi connectivity index (χ3v) is 15.4. The molecule has 4 heterocycles. The zero-order valence-corrected chi connectivity index (χ0v) is 37.9. The molecule has 0 saturated carbocycles. The van der Waals surface area contributed by atoms with Crippen LogP contribution in [-0.2, 0) is 0 Å². The molecule has 0 N–H and O–H groups in total. The highest BCUT2D eigenvalue weighted by Gasteiger charge is 2.45. The third-order valence-electron chi connectivity index (χ3n) is 15.4. The Morgan fingerprint density at radius 1 is 0.457 bits per heavy atom. The van der Waals surface area contributed by atoms with Gasteiger partial charge < -0.3 is 18.6 Å². The highest BCUT2D eigenvalue weighted by molar-refractivity contribution is 6.30. The summed E-state index contributed by atoms with van der Waals surface area (Å²) in [7, 11) is 0. The number of para-hydroxylation sites is 3. The summed E-state index contributed by atoms with van der Waals surface area (Å²) in [6.07, 6.45) is 13.5. The molecule has 0 amide bonds. The van der Waals surface area contributed by atoms with Crippen LogP contribution in [-0.4, -0.2) is 13.7 Å². The van der Waals surface area contributed by atoms with Gasteiger partial charge in [-0.25, -0.2) is 0 Å². The van der Waals surface area contributed by atoms with Crippen molar-refractivity contribution in [3.63, 3.8) is 0 Å². The van der Waals surface area contributed by atoms with Crippen LogP contribution in [0.2, 0.25) is 0 Å². The van der Waals surface area contributed by atoms with Crippen LogP contribution in [0.5, 0.6) is 0 Å². The van der Waals surface area contributed by atoms with Gasteiger partial charge >= 0.3 is 0 Å². The van der Waals surface area contributed by atoms with Crippen molar-refractivity contribution in [1.82, 2.24) is 13.7 Å². The lowest BCUT2D eigenvalue weighted by atomic mass is 9.83. The van der Waals surface area contributed by atoms with E-state index in [-0.39, 0.29) is 12.0 Å².